The largest absolute Gasteiger partial charge is 0.352 e. The van der Waals surface area contributed by atoms with Crippen LogP contribution >= 0.6 is 23.6 Å². The molecule has 3 aromatic heterocycles. The summed E-state index contributed by atoms with van der Waals surface area (Å²) in [6.45, 7) is 4.28. The van der Waals surface area contributed by atoms with Gasteiger partial charge in [-0.15, -0.1) is 11.3 Å². The molecule has 172 valence electrons. The van der Waals surface area contributed by atoms with E-state index in [-0.39, 0.29) is 24.5 Å². The van der Waals surface area contributed by atoms with Crippen molar-refractivity contribution in [2.45, 2.75) is 25.9 Å². The van der Waals surface area contributed by atoms with Gasteiger partial charge in [0.05, 0.1) is 17.8 Å². The van der Waals surface area contributed by atoms with E-state index in [2.05, 4.69) is 45.1 Å². The van der Waals surface area contributed by atoms with Crippen LogP contribution in [0.25, 0.3) is 5.13 Å². The molecule has 1 aliphatic rings. The Labute approximate surface area is 207 Å². The average molecular weight is 489 g/mol. The summed E-state index contributed by atoms with van der Waals surface area (Å²) in [5.74, 6) is -0.129. The van der Waals surface area contributed by atoms with E-state index in [1.807, 2.05) is 65.0 Å². The van der Waals surface area contributed by atoms with Gasteiger partial charge in [-0.05, 0) is 62.0 Å². The predicted molar refractivity (Wildman–Crippen MR) is 138 cm³/mol. The Kier molecular flexibility index (Phi) is 6.12. The van der Waals surface area contributed by atoms with Gasteiger partial charge in [0.1, 0.15) is 6.54 Å². The first-order valence-electron chi connectivity index (χ1n) is 10.9. The maximum atomic E-state index is 13.0. The first kappa shape index (κ1) is 22.2. The highest BCUT2D eigenvalue weighted by atomic mass is 32.1. The van der Waals surface area contributed by atoms with Crippen molar-refractivity contribution in [3.05, 3.63) is 95.0 Å². The summed E-state index contributed by atoms with van der Waals surface area (Å²) in [4.78, 5) is 24.1. The zero-order valence-electron chi connectivity index (χ0n) is 18.8. The highest BCUT2D eigenvalue weighted by molar-refractivity contribution is 7.80. The number of nitrogens with zero attached hydrogens (tertiary/aromatic N) is 4. The van der Waals surface area contributed by atoms with Crippen LogP contribution in [0.3, 0.4) is 0 Å². The molecule has 1 fully saturated rings. The lowest BCUT2D eigenvalue weighted by atomic mass is 9.97. The summed E-state index contributed by atoms with van der Waals surface area (Å²) in [6.07, 6.45) is 3.59. The van der Waals surface area contributed by atoms with E-state index < -0.39 is 0 Å². The number of anilines is 1. The number of rotatable bonds is 6. The zero-order chi connectivity index (χ0) is 23.7. The molecule has 5 rings (SSSR count). The molecule has 1 amide bonds. The van der Waals surface area contributed by atoms with E-state index in [0.29, 0.717) is 5.11 Å². The number of thiocarbonyl (C=S) groups is 1. The van der Waals surface area contributed by atoms with Gasteiger partial charge in [0.2, 0.25) is 5.91 Å². The number of hydrogen-bond acceptors (Lipinski definition) is 5. The Bertz CT molecular complexity index is 1300. The number of aromatic nitrogens is 3. The van der Waals surface area contributed by atoms with Crippen molar-refractivity contribution < 1.29 is 4.79 Å². The van der Waals surface area contributed by atoms with Gasteiger partial charge >= 0.3 is 0 Å². The molecule has 0 saturated carbocycles. The van der Waals surface area contributed by atoms with Crippen LogP contribution in [-0.4, -0.2) is 37.0 Å². The minimum Gasteiger partial charge on any atom is -0.352 e. The molecular formula is C25H24N6OS2. The third-order valence-corrected chi connectivity index (χ3v) is 7.08. The standard InChI is InChI=1S/C25H24N6OS2/c1-16-14-19(17(2)31(16)25-27-12-13-34-25)23-22(20-10-6-7-11-26-20)29-24(33)30(23)15-21(32)28-18-8-4-3-5-9-18/h3-14,22-23H,15H2,1-2H3,(H,28,32)(H,29,33)/t22-,23+/m1/s1. The fourth-order valence-electron chi connectivity index (χ4n) is 4.50. The van der Waals surface area contributed by atoms with E-state index in [1.165, 1.54) is 0 Å². The number of carbonyl (C=O) groups is 1. The Morgan fingerprint density at radius 2 is 1.91 bits per heavy atom. The highest BCUT2D eigenvalue weighted by Gasteiger charge is 2.42. The molecule has 7 nitrogen and oxygen atoms in total. The SMILES string of the molecule is Cc1cc([C@H]2[C@@H](c3ccccn3)NC(=S)N2CC(=O)Nc2ccccc2)c(C)n1-c1nccs1. The summed E-state index contributed by atoms with van der Waals surface area (Å²) in [7, 11) is 0. The molecule has 0 aliphatic carbocycles. The Morgan fingerprint density at radius 1 is 1.12 bits per heavy atom. The van der Waals surface area contributed by atoms with Gasteiger partial charge in [-0.1, -0.05) is 24.3 Å². The first-order chi connectivity index (χ1) is 16.5. The topological polar surface area (TPSA) is 75.1 Å². The van der Waals surface area contributed by atoms with Crippen LogP contribution < -0.4 is 10.6 Å². The van der Waals surface area contributed by atoms with Crippen LogP contribution in [0.4, 0.5) is 5.69 Å². The van der Waals surface area contributed by atoms with Gasteiger partial charge in [-0.25, -0.2) is 4.98 Å². The molecule has 1 aromatic carbocycles. The Hall–Kier alpha value is -3.56. The van der Waals surface area contributed by atoms with Gasteiger partial charge in [0, 0.05) is 34.8 Å². The molecular weight excluding hydrogens is 464 g/mol. The molecule has 2 N–H and O–H groups in total. The van der Waals surface area contributed by atoms with Gasteiger partial charge in [-0.3, -0.25) is 14.3 Å². The van der Waals surface area contributed by atoms with Crippen molar-refractivity contribution in [3.8, 4) is 5.13 Å². The third-order valence-electron chi connectivity index (χ3n) is 5.97. The van der Waals surface area contributed by atoms with Crippen LogP contribution in [0, 0.1) is 13.8 Å². The smallest absolute Gasteiger partial charge is 0.244 e. The van der Waals surface area contributed by atoms with Crippen LogP contribution in [-0.2, 0) is 4.79 Å². The quantitative estimate of drug-likeness (QED) is 0.388. The number of para-hydroxylation sites is 1. The molecule has 4 aromatic rings. The summed E-state index contributed by atoms with van der Waals surface area (Å²) >= 11 is 7.32. The van der Waals surface area contributed by atoms with Crippen molar-refractivity contribution >= 4 is 40.3 Å². The number of nitrogens with one attached hydrogen (secondary N) is 2. The normalized spacial score (nSPS) is 17.6. The molecule has 0 spiro atoms. The molecule has 2 atom stereocenters. The average Bonchev–Trinajstić information content (AvgIpc) is 3.54. The number of hydrogen-bond donors (Lipinski definition) is 2. The lowest BCUT2D eigenvalue weighted by molar-refractivity contribution is -0.116. The minimum absolute atomic E-state index is 0.121. The number of amides is 1. The van der Waals surface area contributed by atoms with Crippen molar-refractivity contribution in [2.75, 3.05) is 11.9 Å². The molecule has 1 aliphatic heterocycles. The third kappa shape index (κ3) is 4.20. The molecule has 1 saturated heterocycles. The van der Waals surface area contributed by atoms with Gasteiger partial charge in [-0.2, -0.15) is 0 Å². The molecule has 0 bridgehead atoms. The van der Waals surface area contributed by atoms with Crippen LogP contribution in [0.1, 0.15) is 34.7 Å². The van der Waals surface area contributed by atoms with Crippen LogP contribution in [0.5, 0.6) is 0 Å². The van der Waals surface area contributed by atoms with E-state index in [4.69, 9.17) is 12.2 Å². The summed E-state index contributed by atoms with van der Waals surface area (Å²) in [6, 6.07) is 17.1. The zero-order valence-corrected chi connectivity index (χ0v) is 20.4. The molecule has 9 heteroatoms. The van der Waals surface area contributed by atoms with Gasteiger partial charge in [0.25, 0.3) is 0 Å². The molecule has 4 heterocycles. The van der Waals surface area contributed by atoms with Crippen molar-refractivity contribution in [1.82, 2.24) is 24.8 Å². The summed E-state index contributed by atoms with van der Waals surface area (Å²) in [5.41, 5.74) is 4.86. The number of benzene rings is 1. The molecule has 34 heavy (non-hydrogen) atoms. The van der Waals surface area contributed by atoms with Crippen LogP contribution in [0.2, 0.25) is 0 Å². The lowest BCUT2D eigenvalue weighted by Gasteiger charge is -2.27. The molecule has 0 radical (unpaired) electrons. The number of aryl methyl sites for hydroxylation is 1. The highest BCUT2D eigenvalue weighted by Crippen LogP contribution is 2.41. The number of pyridine rings is 1. The van der Waals surface area contributed by atoms with E-state index in [9.17, 15) is 4.79 Å². The van der Waals surface area contributed by atoms with Gasteiger partial charge < -0.3 is 15.5 Å². The minimum atomic E-state index is -0.205. The number of carbonyl (C=O) groups excluding carboxylic acids is 1. The molecule has 0 unspecified atom stereocenters. The lowest BCUT2D eigenvalue weighted by Crippen LogP contribution is -2.37. The van der Waals surface area contributed by atoms with E-state index >= 15 is 0 Å². The second-order valence-electron chi connectivity index (χ2n) is 8.15. The van der Waals surface area contributed by atoms with Crippen LogP contribution in [0.15, 0.2) is 72.4 Å². The monoisotopic (exact) mass is 488 g/mol. The second-order valence-corrected chi connectivity index (χ2v) is 9.40. The number of thiazole rings is 1. The maximum absolute atomic E-state index is 13.0. The first-order valence-corrected chi connectivity index (χ1v) is 12.2. The van der Waals surface area contributed by atoms with E-state index in [0.717, 1.165) is 33.5 Å². The predicted octanol–water partition coefficient (Wildman–Crippen LogP) is 4.56. The maximum Gasteiger partial charge on any atom is 0.244 e. The Morgan fingerprint density at radius 3 is 2.62 bits per heavy atom. The van der Waals surface area contributed by atoms with E-state index in [1.54, 1.807) is 17.5 Å². The fourth-order valence-corrected chi connectivity index (χ4v) is 5.56. The van der Waals surface area contributed by atoms with Gasteiger partial charge in [0.15, 0.2) is 10.2 Å². The van der Waals surface area contributed by atoms with Crippen molar-refractivity contribution in [3.63, 3.8) is 0 Å². The summed E-state index contributed by atoms with van der Waals surface area (Å²) in [5, 5.41) is 9.81. The second kappa shape index (κ2) is 9.36. The Balaban J connectivity index is 1.53. The fraction of sp³-hybridized carbons (Fsp3) is 0.200. The van der Waals surface area contributed by atoms with Crippen molar-refractivity contribution in [1.29, 1.82) is 0 Å². The summed E-state index contributed by atoms with van der Waals surface area (Å²) < 4.78 is 2.15. The van der Waals surface area contributed by atoms with Crippen molar-refractivity contribution in [2.24, 2.45) is 0 Å².